The van der Waals surface area contributed by atoms with Crippen molar-refractivity contribution in [2.45, 2.75) is 6.92 Å². The molecule has 0 aliphatic heterocycles. The summed E-state index contributed by atoms with van der Waals surface area (Å²) in [6, 6.07) is 8.17. The number of para-hydroxylation sites is 2. The molecule has 0 fully saturated rings. The van der Waals surface area contributed by atoms with Crippen LogP contribution in [0.25, 0.3) is 0 Å². The minimum absolute atomic E-state index is 0.0307. The summed E-state index contributed by atoms with van der Waals surface area (Å²) in [5, 5.41) is 18.5. The van der Waals surface area contributed by atoms with Gasteiger partial charge in [-0.3, -0.25) is 9.89 Å². The zero-order valence-electron chi connectivity index (χ0n) is 8.69. The van der Waals surface area contributed by atoms with Crippen LogP contribution in [0.2, 0.25) is 0 Å². The molecule has 5 nitrogen and oxygen atoms in total. The van der Waals surface area contributed by atoms with Gasteiger partial charge in [0.1, 0.15) is 5.75 Å². The van der Waals surface area contributed by atoms with Gasteiger partial charge in [0.15, 0.2) is 5.69 Å². The van der Waals surface area contributed by atoms with E-state index in [9.17, 15) is 9.90 Å². The van der Waals surface area contributed by atoms with Crippen molar-refractivity contribution in [3.63, 3.8) is 0 Å². The molecule has 0 saturated heterocycles. The summed E-state index contributed by atoms with van der Waals surface area (Å²) in [5.41, 5.74) is 1.47. The number of phenols is 1. The number of nitrogens with zero attached hydrogens (tertiary/aromatic N) is 1. The van der Waals surface area contributed by atoms with Gasteiger partial charge in [-0.1, -0.05) is 12.1 Å². The van der Waals surface area contributed by atoms with Crippen molar-refractivity contribution in [2.24, 2.45) is 0 Å². The number of aromatic nitrogens is 2. The number of benzene rings is 1. The lowest BCUT2D eigenvalue weighted by Gasteiger charge is -2.04. The van der Waals surface area contributed by atoms with Crippen LogP contribution in [0.3, 0.4) is 0 Å². The quantitative estimate of drug-likeness (QED) is 0.669. The summed E-state index contributed by atoms with van der Waals surface area (Å²) in [6.07, 6.45) is 0. The normalized spacial score (nSPS) is 10.1. The average molecular weight is 217 g/mol. The Morgan fingerprint density at radius 3 is 2.81 bits per heavy atom. The average Bonchev–Trinajstić information content (AvgIpc) is 2.68. The van der Waals surface area contributed by atoms with Crippen molar-refractivity contribution in [3.8, 4) is 5.75 Å². The number of carbonyl (C=O) groups excluding carboxylic acids is 1. The number of aromatic hydroxyl groups is 1. The number of hydrogen-bond donors (Lipinski definition) is 3. The van der Waals surface area contributed by atoms with E-state index in [0.29, 0.717) is 11.4 Å². The summed E-state index contributed by atoms with van der Waals surface area (Å²) in [5.74, 6) is -0.325. The topological polar surface area (TPSA) is 78.0 Å². The zero-order chi connectivity index (χ0) is 11.5. The number of amides is 1. The van der Waals surface area contributed by atoms with E-state index in [1.165, 1.54) is 6.07 Å². The van der Waals surface area contributed by atoms with Crippen molar-refractivity contribution < 1.29 is 9.90 Å². The molecule has 1 heterocycles. The molecule has 2 rings (SSSR count). The summed E-state index contributed by atoms with van der Waals surface area (Å²) in [6.45, 7) is 1.81. The van der Waals surface area contributed by atoms with Gasteiger partial charge in [0.25, 0.3) is 5.91 Å². The number of hydrogen-bond acceptors (Lipinski definition) is 3. The molecule has 0 aliphatic carbocycles. The Bertz CT molecular complexity index is 519. The van der Waals surface area contributed by atoms with Crippen molar-refractivity contribution in [3.05, 3.63) is 41.7 Å². The van der Waals surface area contributed by atoms with Gasteiger partial charge in [-0.05, 0) is 25.1 Å². The summed E-state index contributed by atoms with van der Waals surface area (Å²) in [4.78, 5) is 11.7. The predicted molar refractivity (Wildman–Crippen MR) is 59.4 cm³/mol. The Balaban J connectivity index is 2.17. The van der Waals surface area contributed by atoms with Crippen LogP contribution in [-0.2, 0) is 0 Å². The third kappa shape index (κ3) is 2.03. The predicted octanol–water partition coefficient (Wildman–Crippen LogP) is 1.68. The van der Waals surface area contributed by atoms with E-state index in [1.807, 2.05) is 6.92 Å². The molecule has 1 amide bonds. The van der Waals surface area contributed by atoms with E-state index in [-0.39, 0.29) is 11.7 Å². The summed E-state index contributed by atoms with van der Waals surface area (Å²) >= 11 is 0. The Hall–Kier alpha value is -2.30. The Morgan fingerprint density at radius 2 is 2.19 bits per heavy atom. The largest absolute Gasteiger partial charge is 0.506 e. The minimum atomic E-state index is -0.356. The highest BCUT2D eigenvalue weighted by atomic mass is 16.3. The van der Waals surface area contributed by atoms with Crippen LogP contribution in [0.1, 0.15) is 16.2 Å². The van der Waals surface area contributed by atoms with Gasteiger partial charge in [0.05, 0.1) is 5.69 Å². The van der Waals surface area contributed by atoms with Gasteiger partial charge in [-0.2, -0.15) is 5.10 Å². The number of anilines is 1. The molecule has 16 heavy (non-hydrogen) atoms. The molecule has 82 valence electrons. The SMILES string of the molecule is Cc1cc(C(=O)Nc2ccccc2O)n[nH]1. The number of H-pyrrole nitrogens is 1. The van der Waals surface area contributed by atoms with Crippen LogP contribution in [0.15, 0.2) is 30.3 Å². The highest BCUT2D eigenvalue weighted by Crippen LogP contribution is 2.21. The number of phenolic OH excluding ortho intramolecular Hbond substituents is 1. The monoisotopic (exact) mass is 217 g/mol. The lowest BCUT2D eigenvalue weighted by Crippen LogP contribution is -2.12. The second-order valence-corrected chi connectivity index (χ2v) is 3.41. The van der Waals surface area contributed by atoms with Crippen LogP contribution in [0.4, 0.5) is 5.69 Å². The smallest absolute Gasteiger partial charge is 0.276 e. The standard InChI is InChI=1S/C11H11N3O2/c1-7-6-9(14-13-7)11(16)12-8-4-2-3-5-10(8)15/h2-6,15H,1H3,(H,12,16)(H,13,14). The Morgan fingerprint density at radius 1 is 1.44 bits per heavy atom. The summed E-state index contributed by atoms with van der Waals surface area (Å²) in [7, 11) is 0. The van der Waals surface area contributed by atoms with Crippen molar-refractivity contribution >= 4 is 11.6 Å². The maximum atomic E-state index is 11.7. The first kappa shape index (κ1) is 10.2. The highest BCUT2D eigenvalue weighted by Gasteiger charge is 2.10. The number of aryl methyl sites for hydroxylation is 1. The molecule has 0 saturated carbocycles. The first-order valence-electron chi connectivity index (χ1n) is 4.78. The van der Waals surface area contributed by atoms with Crippen molar-refractivity contribution in [1.29, 1.82) is 0 Å². The Labute approximate surface area is 92.1 Å². The van der Waals surface area contributed by atoms with Crippen LogP contribution >= 0.6 is 0 Å². The molecular formula is C11H11N3O2. The maximum Gasteiger partial charge on any atom is 0.276 e. The fourth-order valence-electron chi connectivity index (χ4n) is 1.30. The van der Waals surface area contributed by atoms with E-state index >= 15 is 0 Å². The van der Waals surface area contributed by atoms with Crippen molar-refractivity contribution in [1.82, 2.24) is 10.2 Å². The zero-order valence-corrected chi connectivity index (χ0v) is 8.69. The molecule has 5 heteroatoms. The van der Waals surface area contributed by atoms with Gasteiger partial charge in [0.2, 0.25) is 0 Å². The molecule has 0 radical (unpaired) electrons. The second kappa shape index (κ2) is 4.06. The number of nitrogens with one attached hydrogen (secondary N) is 2. The number of rotatable bonds is 2. The minimum Gasteiger partial charge on any atom is -0.506 e. The fraction of sp³-hybridized carbons (Fsp3) is 0.0909. The van der Waals surface area contributed by atoms with E-state index < -0.39 is 0 Å². The van der Waals surface area contributed by atoms with E-state index in [1.54, 1.807) is 24.3 Å². The third-order valence-corrected chi connectivity index (χ3v) is 2.09. The second-order valence-electron chi connectivity index (χ2n) is 3.41. The molecule has 3 N–H and O–H groups in total. The van der Waals surface area contributed by atoms with E-state index in [0.717, 1.165) is 5.69 Å². The summed E-state index contributed by atoms with van der Waals surface area (Å²) < 4.78 is 0. The molecule has 0 unspecified atom stereocenters. The Kier molecular flexibility index (Phi) is 2.59. The molecule has 0 aliphatic rings. The van der Waals surface area contributed by atoms with Crippen LogP contribution in [-0.4, -0.2) is 21.2 Å². The molecule has 0 atom stereocenters. The van der Waals surface area contributed by atoms with Crippen LogP contribution in [0, 0.1) is 6.92 Å². The van der Waals surface area contributed by atoms with E-state index in [2.05, 4.69) is 15.5 Å². The van der Waals surface area contributed by atoms with Gasteiger partial charge in [-0.15, -0.1) is 0 Å². The van der Waals surface area contributed by atoms with Gasteiger partial charge in [-0.25, -0.2) is 0 Å². The molecule has 0 spiro atoms. The molecule has 0 bridgehead atoms. The molecule has 1 aromatic heterocycles. The number of aromatic amines is 1. The molecule has 1 aromatic carbocycles. The lowest BCUT2D eigenvalue weighted by atomic mass is 10.3. The van der Waals surface area contributed by atoms with E-state index in [4.69, 9.17) is 0 Å². The molecule has 2 aromatic rings. The van der Waals surface area contributed by atoms with Crippen LogP contribution < -0.4 is 5.32 Å². The number of carbonyl (C=O) groups is 1. The fourth-order valence-corrected chi connectivity index (χ4v) is 1.30. The van der Waals surface area contributed by atoms with Gasteiger partial charge in [0, 0.05) is 5.69 Å². The van der Waals surface area contributed by atoms with Gasteiger partial charge < -0.3 is 10.4 Å². The lowest BCUT2D eigenvalue weighted by molar-refractivity contribution is 0.102. The molecular weight excluding hydrogens is 206 g/mol. The third-order valence-electron chi connectivity index (χ3n) is 2.09. The highest BCUT2D eigenvalue weighted by molar-refractivity contribution is 6.03. The first-order valence-corrected chi connectivity index (χ1v) is 4.78. The van der Waals surface area contributed by atoms with Gasteiger partial charge >= 0.3 is 0 Å². The van der Waals surface area contributed by atoms with Crippen molar-refractivity contribution in [2.75, 3.05) is 5.32 Å². The first-order chi connectivity index (χ1) is 7.66. The maximum absolute atomic E-state index is 11.7. The van der Waals surface area contributed by atoms with Crippen LogP contribution in [0.5, 0.6) is 5.75 Å².